The maximum Gasteiger partial charge on any atom is 0.228 e. The molecule has 0 aliphatic heterocycles. The molecule has 3 rings (SSSR count). The second-order valence-electron chi connectivity index (χ2n) is 4.91. The molecule has 0 atom stereocenters. The summed E-state index contributed by atoms with van der Waals surface area (Å²) in [4.78, 5) is 12.2. The van der Waals surface area contributed by atoms with Gasteiger partial charge in [-0.2, -0.15) is 0 Å². The van der Waals surface area contributed by atoms with Crippen LogP contribution in [0.1, 0.15) is 11.1 Å². The van der Waals surface area contributed by atoms with E-state index in [1.807, 2.05) is 12.1 Å². The van der Waals surface area contributed by atoms with Crippen LogP contribution in [0, 0.1) is 5.92 Å². The number of carbonyl (C=O) groups excluding carboxylic acids is 1. The molecule has 2 aromatic rings. The highest BCUT2D eigenvalue weighted by atomic mass is 16.3. The van der Waals surface area contributed by atoms with Gasteiger partial charge in [-0.3, -0.25) is 4.79 Å². The zero-order chi connectivity index (χ0) is 13.2. The molecule has 0 aromatic heterocycles. The van der Waals surface area contributed by atoms with Crippen LogP contribution in [-0.2, 0) is 17.6 Å². The number of anilines is 1. The van der Waals surface area contributed by atoms with Crippen LogP contribution in [0.3, 0.4) is 0 Å². The number of hydrogen-bond donors (Lipinski definition) is 2. The summed E-state index contributed by atoms with van der Waals surface area (Å²) in [6, 6.07) is 14.7. The number of hydrogen-bond acceptors (Lipinski definition) is 2. The lowest BCUT2D eigenvalue weighted by molar-refractivity contribution is -0.119. The number of nitrogens with one attached hydrogen (secondary N) is 1. The van der Waals surface area contributed by atoms with Gasteiger partial charge in [-0.1, -0.05) is 24.3 Å². The fraction of sp³-hybridized carbons (Fsp3) is 0.188. The van der Waals surface area contributed by atoms with Gasteiger partial charge >= 0.3 is 0 Å². The van der Waals surface area contributed by atoms with Crippen LogP contribution >= 0.6 is 0 Å². The van der Waals surface area contributed by atoms with Crippen molar-refractivity contribution in [3.05, 3.63) is 59.7 Å². The third kappa shape index (κ3) is 2.45. The second kappa shape index (κ2) is 4.76. The SMILES string of the molecule is O=C(Nc1ccc(O)cc1)C1Cc2ccccc2C1. The van der Waals surface area contributed by atoms with Crippen molar-refractivity contribution < 1.29 is 9.90 Å². The number of amides is 1. The first-order chi connectivity index (χ1) is 9.22. The maximum absolute atomic E-state index is 12.2. The molecule has 0 unspecified atom stereocenters. The summed E-state index contributed by atoms with van der Waals surface area (Å²) in [5, 5.41) is 12.1. The van der Waals surface area contributed by atoms with Gasteiger partial charge in [0.1, 0.15) is 5.75 Å². The fourth-order valence-electron chi connectivity index (χ4n) is 2.53. The molecule has 1 amide bonds. The largest absolute Gasteiger partial charge is 0.508 e. The molecule has 3 heteroatoms. The molecule has 19 heavy (non-hydrogen) atoms. The van der Waals surface area contributed by atoms with Crippen molar-refractivity contribution in [3.8, 4) is 5.75 Å². The molecule has 0 heterocycles. The predicted octanol–water partition coefficient (Wildman–Crippen LogP) is 2.75. The minimum Gasteiger partial charge on any atom is -0.508 e. The van der Waals surface area contributed by atoms with E-state index < -0.39 is 0 Å². The van der Waals surface area contributed by atoms with Crippen molar-refractivity contribution in [1.29, 1.82) is 0 Å². The summed E-state index contributed by atoms with van der Waals surface area (Å²) in [5.74, 6) is 0.249. The van der Waals surface area contributed by atoms with Gasteiger partial charge in [0.2, 0.25) is 5.91 Å². The van der Waals surface area contributed by atoms with Gasteiger partial charge in [-0.25, -0.2) is 0 Å². The van der Waals surface area contributed by atoms with Crippen LogP contribution in [0.15, 0.2) is 48.5 Å². The lowest BCUT2D eigenvalue weighted by atomic mass is 10.1. The van der Waals surface area contributed by atoms with Crippen LogP contribution in [0.25, 0.3) is 0 Å². The highest BCUT2D eigenvalue weighted by Crippen LogP contribution is 2.27. The Labute approximate surface area is 111 Å². The molecule has 0 saturated carbocycles. The van der Waals surface area contributed by atoms with Gasteiger partial charge in [-0.15, -0.1) is 0 Å². The van der Waals surface area contributed by atoms with E-state index in [0.29, 0.717) is 0 Å². The molecule has 96 valence electrons. The lowest BCUT2D eigenvalue weighted by Crippen LogP contribution is -2.23. The van der Waals surface area contributed by atoms with Crippen LogP contribution in [-0.4, -0.2) is 11.0 Å². The van der Waals surface area contributed by atoms with E-state index in [1.165, 1.54) is 11.1 Å². The Morgan fingerprint density at radius 2 is 1.58 bits per heavy atom. The van der Waals surface area contributed by atoms with Crippen molar-refractivity contribution in [2.75, 3.05) is 5.32 Å². The van der Waals surface area contributed by atoms with Crippen molar-refractivity contribution in [1.82, 2.24) is 0 Å². The number of benzene rings is 2. The molecule has 0 spiro atoms. The summed E-state index contributed by atoms with van der Waals surface area (Å²) in [6.45, 7) is 0. The Bertz CT molecular complexity index is 579. The third-order valence-electron chi connectivity index (χ3n) is 3.56. The van der Waals surface area contributed by atoms with Crippen LogP contribution < -0.4 is 5.32 Å². The topological polar surface area (TPSA) is 49.3 Å². The lowest BCUT2D eigenvalue weighted by Gasteiger charge is -2.10. The Kier molecular flexibility index (Phi) is 2.95. The average Bonchev–Trinajstić information content (AvgIpc) is 2.85. The minimum atomic E-state index is 0.00574. The number of fused-ring (bicyclic) bond motifs is 1. The summed E-state index contributed by atoms with van der Waals surface area (Å²) in [6.07, 6.45) is 1.61. The van der Waals surface area contributed by atoms with E-state index in [2.05, 4.69) is 17.4 Å². The molecule has 2 aromatic carbocycles. The zero-order valence-corrected chi connectivity index (χ0v) is 10.5. The molecule has 0 radical (unpaired) electrons. The summed E-state index contributed by atoms with van der Waals surface area (Å²) in [5.41, 5.74) is 3.26. The molecule has 0 fully saturated rings. The maximum atomic E-state index is 12.2. The quantitative estimate of drug-likeness (QED) is 0.808. The summed E-state index contributed by atoms with van der Waals surface area (Å²) >= 11 is 0. The van der Waals surface area contributed by atoms with Crippen molar-refractivity contribution in [2.45, 2.75) is 12.8 Å². The number of carbonyl (C=O) groups is 1. The predicted molar refractivity (Wildman–Crippen MR) is 74.1 cm³/mol. The van der Waals surface area contributed by atoms with Crippen molar-refractivity contribution >= 4 is 11.6 Å². The molecule has 3 nitrogen and oxygen atoms in total. The average molecular weight is 253 g/mol. The number of rotatable bonds is 2. The van der Waals surface area contributed by atoms with E-state index in [4.69, 9.17) is 0 Å². The first-order valence-electron chi connectivity index (χ1n) is 6.39. The van der Waals surface area contributed by atoms with Crippen LogP contribution in [0.2, 0.25) is 0 Å². The zero-order valence-electron chi connectivity index (χ0n) is 10.5. The van der Waals surface area contributed by atoms with Gasteiger partial charge in [0.05, 0.1) is 0 Å². The van der Waals surface area contributed by atoms with Gasteiger partial charge < -0.3 is 10.4 Å². The van der Waals surface area contributed by atoms with Crippen molar-refractivity contribution in [3.63, 3.8) is 0 Å². The first kappa shape index (κ1) is 11.8. The van der Waals surface area contributed by atoms with Crippen LogP contribution in [0.5, 0.6) is 5.75 Å². The molecule has 1 aliphatic carbocycles. The van der Waals surface area contributed by atoms with Crippen molar-refractivity contribution in [2.24, 2.45) is 5.92 Å². The van der Waals surface area contributed by atoms with Gasteiger partial charge in [0.15, 0.2) is 0 Å². The molecule has 0 bridgehead atoms. The highest BCUT2D eigenvalue weighted by molar-refractivity contribution is 5.93. The van der Waals surface area contributed by atoms with Crippen LogP contribution in [0.4, 0.5) is 5.69 Å². The molecule has 0 saturated heterocycles. The summed E-state index contributed by atoms with van der Waals surface area (Å²) in [7, 11) is 0. The monoisotopic (exact) mass is 253 g/mol. The number of aromatic hydroxyl groups is 1. The minimum absolute atomic E-state index is 0.00574. The van der Waals surface area contributed by atoms with Gasteiger partial charge in [0, 0.05) is 11.6 Å². The van der Waals surface area contributed by atoms with E-state index in [-0.39, 0.29) is 17.6 Å². The second-order valence-corrected chi connectivity index (χ2v) is 4.91. The molecule has 1 aliphatic rings. The number of phenolic OH excluding ortho intramolecular Hbond substituents is 1. The molecule has 2 N–H and O–H groups in total. The third-order valence-corrected chi connectivity index (χ3v) is 3.56. The van der Waals surface area contributed by atoms with E-state index >= 15 is 0 Å². The highest BCUT2D eigenvalue weighted by Gasteiger charge is 2.26. The van der Waals surface area contributed by atoms with Gasteiger partial charge in [-0.05, 0) is 48.2 Å². The molecular formula is C16H15NO2. The Morgan fingerprint density at radius 1 is 1.00 bits per heavy atom. The summed E-state index contributed by atoms with van der Waals surface area (Å²) < 4.78 is 0. The Balaban J connectivity index is 1.68. The van der Waals surface area contributed by atoms with E-state index in [1.54, 1.807) is 24.3 Å². The number of phenols is 1. The van der Waals surface area contributed by atoms with E-state index in [0.717, 1.165) is 18.5 Å². The normalized spacial score (nSPS) is 14.1. The van der Waals surface area contributed by atoms with Gasteiger partial charge in [0.25, 0.3) is 0 Å². The Hall–Kier alpha value is -2.29. The standard InChI is InChI=1S/C16H15NO2/c18-15-7-5-14(6-8-15)17-16(19)13-9-11-3-1-2-4-12(11)10-13/h1-8,13,18H,9-10H2,(H,17,19). The smallest absolute Gasteiger partial charge is 0.228 e. The first-order valence-corrected chi connectivity index (χ1v) is 6.39. The van der Waals surface area contributed by atoms with E-state index in [9.17, 15) is 9.90 Å². The molecular weight excluding hydrogens is 238 g/mol. The fourth-order valence-corrected chi connectivity index (χ4v) is 2.53. The Morgan fingerprint density at radius 3 is 2.16 bits per heavy atom.